The molecule has 6 heteroatoms. The molecule has 0 radical (unpaired) electrons. The number of hydrogen-bond acceptors (Lipinski definition) is 3. The highest BCUT2D eigenvalue weighted by atomic mass is 79.9. The van der Waals surface area contributed by atoms with Gasteiger partial charge in [-0.25, -0.2) is 5.43 Å². The molecule has 0 spiro atoms. The zero-order chi connectivity index (χ0) is 19.2. The molecule has 3 rings (SSSR count). The molecule has 0 bridgehead atoms. The number of para-hydroxylation sites is 1. The lowest BCUT2D eigenvalue weighted by atomic mass is 10.0. The van der Waals surface area contributed by atoms with Crippen LogP contribution < -0.4 is 10.7 Å². The summed E-state index contributed by atoms with van der Waals surface area (Å²) in [4.78, 5) is 24.6. The molecule has 0 fully saturated rings. The molecule has 0 unspecified atom stereocenters. The zero-order valence-corrected chi connectivity index (χ0v) is 16.3. The molecule has 0 heterocycles. The Morgan fingerprint density at radius 3 is 2.48 bits per heavy atom. The van der Waals surface area contributed by atoms with Crippen molar-refractivity contribution in [2.75, 3.05) is 5.32 Å². The standard InChI is InChI=1S/C21H18BrN3O2/c1-14(13-20(26)23-19-12-5-4-11-18(19)22)24-25-21(27)17-10-6-8-15-7-2-3-9-16(15)17/h2-12H,13H2,1H3,(H,23,26)(H,25,27)/b24-14-. The molecule has 5 nitrogen and oxygen atoms in total. The Morgan fingerprint density at radius 2 is 1.67 bits per heavy atom. The molecular formula is C21H18BrN3O2. The number of anilines is 1. The maximum absolute atomic E-state index is 12.5. The summed E-state index contributed by atoms with van der Waals surface area (Å²) in [6.07, 6.45) is 0.0805. The highest BCUT2D eigenvalue weighted by molar-refractivity contribution is 9.10. The van der Waals surface area contributed by atoms with Crippen LogP contribution in [0.25, 0.3) is 10.8 Å². The molecule has 3 aromatic rings. The summed E-state index contributed by atoms with van der Waals surface area (Å²) >= 11 is 3.38. The van der Waals surface area contributed by atoms with E-state index in [0.717, 1.165) is 15.2 Å². The van der Waals surface area contributed by atoms with Crippen LogP contribution in [0.2, 0.25) is 0 Å². The Morgan fingerprint density at radius 1 is 0.963 bits per heavy atom. The van der Waals surface area contributed by atoms with Crippen molar-refractivity contribution in [2.24, 2.45) is 5.10 Å². The maximum atomic E-state index is 12.5. The minimum Gasteiger partial charge on any atom is -0.325 e. The van der Waals surface area contributed by atoms with Crippen LogP contribution in [0.1, 0.15) is 23.7 Å². The van der Waals surface area contributed by atoms with Crippen LogP contribution in [0.5, 0.6) is 0 Å². The van der Waals surface area contributed by atoms with E-state index in [1.54, 1.807) is 19.1 Å². The summed E-state index contributed by atoms with van der Waals surface area (Å²) in [5, 5.41) is 8.70. The van der Waals surface area contributed by atoms with E-state index in [1.165, 1.54) is 0 Å². The van der Waals surface area contributed by atoms with Crippen molar-refractivity contribution in [3.63, 3.8) is 0 Å². The molecule has 0 saturated heterocycles. The number of carbonyl (C=O) groups is 2. The average molecular weight is 424 g/mol. The lowest BCUT2D eigenvalue weighted by Gasteiger charge is -2.08. The minimum absolute atomic E-state index is 0.0805. The topological polar surface area (TPSA) is 70.6 Å². The zero-order valence-electron chi connectivity index (χ0n) is 14.7. The third-order valence-electron chi connectivity index (χ3n) is 3.95. The molecule has 0 aliphatic rings. The first kappa shape index (κ1) is 18.8. The van der Waals surface area contributed by atoms with Gasteiger partial charge in [-0.1, -0.05) is 48.5 Å². The molecule has 136 valence electrons. The summed E-state index contributed by atoms with van der Waals surface area (Å²) < 4.78 is 0.803. The number of nitrogens with one attached hydrogen (secondary N) is 2. The monoisotopic (exact) mass is 423 g/mol. The van der Waals surface area contributed by atoms with Gasteiger partial charge in [-0.15, -0.1) is 0 Å². The summed E-state index contributed by atoms with van der Waals surface area (Å²) in [7, 11) is 0. The summed E-state index contributed by atoms with van der Waals surface area (Å²) in [6, 6.07) is 20.6. The maximum Gasteiger partial charge on any atom is 0.271 e. The first-order chi connectivity index (χ1) is 13.0. The van der Waals surface area contributed by atoms with E-state index in [4.69, 9.17) is 0 Å². The number of rotatable bonds is 5. The van der Waals surface area contributed by atoms with E-state index >= 15 is 0 Å². The van der Waals surface area contributed by atoms with Gasteiger partial charge in [-0.05, 0) is 51.8 Å². The number of amides is 2. The molecule has 27 heavy (non-hydrogen) atoms. The smallest absolute Gasteiger partial charge is 0.271 e. The van der Waals surface area contributed by atoms with Crippen molar-refractivity contribution in [1.29, 1.82) is 0 Å². The normalized spacial score (nSPS) is 11.3. The van der Waals surface area contributed by atoms with Crippen LogP contribution in [0.15, 0.2) is 76.3 Å². The lowest BCUT2D eigenvalue weighted by Crippen LogP contribution is -2.21. The fourth-order valence-corrected chi connectivity index (χ4v) is 3.04. The summed E-state index contributed by atoms with van der Waals surface area (Å²) in [5.74, 6) is -0.514. The van der Waals surface area contributed by atoms with Crippen molar-refractivity contribution in [3.8, 4) is 0 Å². The molecule has 0 aliphatic heterocycles. The number of hydrogen-bond donors (Lipinski definition) is 2. The second kappa shape index (κ2) is 8.60. The van der Waals surface area contributed by atoms with Crippen molar-refractivity contribution in [1.82, 2.24) is 5.43 Å². The van der Waals surface area contributed by atoms with E-state index in [2.05, 4.69) is 31.8 Å². The number of nitrogens with zero attached hydrogens (tertiary/aromatic N) is 1. The fourth-order valence-electron chi connectivity index (χ4n) is 2.66. The van der Waals surface area contributed by atoms with E-state index in [-0.39, 0.29) is 18.2 Å². The van der Waals surface area contributed by atoms with Gasteiger partial charge in [0.25, 0.3) is 5.91 Å². The third-order valence-corrected chi connectivity index (χ3v) is 4.64. The van der Waals surface area contributed by atoms with Crippen molar-refractivity contribution in [2.45, 2.75) is 13.3 Å². The number of benzene rings is 3. The predicted molar refractivity (Wildman–Crippen MR) is 112 cm³/mol. The highest BCUT2D eigenvalue weighted by Gasteiger charge is 2.10. The van der Waals surface area contributed by atoms with Crippen LogP contribution >= 0.6 is 15.9 Å². The second-order valence-electron chi connectivity index (χ2n) is 6.02. The van der Waals surface area contributed by atoms with Crippen molar-refractivity contribution < 1.29 is 9.59 Å². The van der Waals surface area contributed by atoms with Gasteiger partial charge < -0.3 is 5.32 Å². The van der Waals surface area contributed by atoms with Gasteiger partial charge in [-0.2, -0.15) is 5.10 Å². The van der Waals surface area contributed by atoms with Crippen LogP contribution in [0, 0.1) is 0 Å². The number of fused-ring (bicyclic) bond motifs is 1. The van der Waals surface area contributed by atoms with Gasteiger partial charge >= 0.3 is 0 Å². The Hall–Kier alpha value is -2.99. The van der Waals surface area contributed by atoms with E-state index in [9.17, 15) is 9.59 Å². The molecule has 2 amide bonds. The summed E-state index contributed by atoms with van der Waals surface area (Å²) in [6.45, 7) is 1.70. The average Bonchev–Trinajstić information content (AvgIpc) is 2.67. The number of halogens is 1. The summed E-state index contributed by atoms with van der Waals surface area (Å²) in [5.41, 5.74) is 4.27. The molecular weight excluding hydrogens is 406 g/mol. The van der Waals surface area contributed by atoms with Crippen molar-refractivity contribution >= 4 is 49.9 Å². The fraction of sp³-hybridized carbons (Fsp3) is 0.0952. The first-order valence-electron chi connectivity index (χ1n) is 8.40. The lowest BCUT2D eigenvalue weighted by molar-refractivity contribution is -0.115. The van der Waals surface area contributed by atoms with E-state index < -0.39 is 0 Å². The number of hydrazone groups is 1. The predicted octanol–water partition coefficient (Wildman–Crippen LogP) is 4.74. The minimum atomic E-state index is -0.308. The molecule has 0 aliphatic carbocycles. The molecule has 2 N–H and O–H groups in total. The van der Waals surface area contributed by atoms with Gasteiger partial charge in [0, 0.05) is 15.7 Å². The van der Waals surface area contributed by atoms with Crippen LogP contribution in [0.3, 0.4) is 0 Å². The first-order valence-corrected chi connectivity index (χ1v) is 9.19. The quantitative estimate of drug-likeness (QED) is 0.459. The van der Waals surface area contributed by atoms with Gasteiger partial charge in [0.15, 0.2) is 0 Å². The van der Waals surface area contributed by atoms with Gasteiger partial charge in [0.1, 0.15) is 0 Å². The molecule has 3 aromatic carbocycles. The second-order valence-corrected chi connectivity index (χ2v) is 6.87. The van der Waals surface area contributed by atoms with E-state index in [0.29, 0.717) is 17.0 Å². The van der Waals surface area contributed by atoms with Crippen LogP contribution in [0.4, 0.5) is 5.69 Å². The number of carbonyl (C=O) groups excluding carboxylic acids is 2. The van der Waals surface area contributed by atoms with Crippen LogP contribution in [-0.4, -0.2) is 17.5 Å². The highest BCUT2D eigenvalue weighted by Crippen LogP contribution is 2.21. The third kappa shape index (κ3) is 4.80. The Balaban J connectivity index is 1.64. The van der Waals surface area contributed by atoms with E-state index in [1.807, 2.05) is 54.6 Å². The van der Waals surface area contributed by atoms with Gasteiger partial charge in [0.05, 0.1) is 12.1 Å². The molecule has 0 aromatic heterocycles. The van der Waals surface area contributed by atoms with Crippen molar-refractivity contribution in [3.05, 3.63) is 76.8 Å². The molecule has 0 atom stereocenters. The van der Waals surface area contributed by atoms with Crippen LogP contribution in [-0.2, 0) is 4.79 Å². The van der Waals surface area contributed by atoms with Gasteiger partial charge in [0.2, 0.25) is 5.91 Å². The SMILES string of the molecule is C/C(CC(=O)Nc1ccccc1Br)=N/NC(=O)c1cccc2ccccc12. The Kier molecular flexibility index (Phi) is 5.98. The van der Waals surface area contributed by atoms with Gasteiger partial charge in [-0.3, -0.25) is 9.59 Å². The largest absolute Gasteiger partial charge is 0.325 e. The Bertz CT molecular complexity index is 1030. The molecule has 0 saturated carbocycles. The Labute approximate surface area is 165 Å².